The maximum Gasteiger partial charge on any atom is 0.258 e. The van der Waals surface area contributed by atoms with Crippen molar-refractivity contribution in [2.45, 2.75) is 38.1 Å². The smallest absolute Gasteiger partial charge is 0.258 e. The highest BCUT2D eigenvalue weighted by atomic mass is 79.9. The maximum absolute atomic E-state index is 13.4. The van der Waals surface area contributed by atoms with E-state index in [-0.39, 0.29) is 5.82 Å². The van der Waals surface area contributed by atoms with Crippen molar-refractivity contribution >= 4 is 15.9 Å². The lowest BCUT2D eigenvalue weighted by Crippen LogP contribution is -2.41. The fraction of sp³-hybridized carbons (Fsp3) is 0.467. The summed E-state index contributed by atoms with van der Waals surface area (Å²) < 4.78 is 19.4. The largest absolute Gasteiger partial charge is 0.334 e. The van der Waals surface area contributed by atoms with Crippen LogP contribution >= 0.6 is 15.9 Å². The molecule has 0 amide bonds. The van der Waals surface area contributed by atoms with Crippen LogP contribution < -0.4 is 5.73 Å². The molecule has 0 radical (unpaired) electrons. The van der Waals surface area contributed by atoms with Crippen molar-refractivity contribution in [2.75, 3.05) is 0 Å². The molecule has 1 fully saturated rings. The van der Waals surface area contributed by atoms with Gasteiger partial charge in [-0.15, -0.1) is 0 Å². The van der Waals surface area contributed by atoms with Crippen molar-refractivity contribution in [1.82, 2.24) is 10.1 Å². The third kappa shape index (κ3) is 3.01. The molecule has 0 unspecified atom stereocenters. The molecule has 1 aliphatic rings. The first-order valence-corrected chi connectivity index (χ1v) is 7.85. The summed E-state index contributed by atoms with van der Waals surface area (Å²) in [5.74, 6) is 1.15. The highest BCUT2D eigenvalue weighted by molar-refractivity contribution is 9.10. The van der Waals surface area contributed by atoms with Gasteiger partial charge in [0.1, 0.15) is 5.82 Å². The molecular formula is C15H17BrFN3O. The van der Waals surface area contributed by atoms with Crippen molar-refractivity contribution < 1.29 is 8.91 Å². The number of nitrogens with zero attached hydrogens (tertiary/aromatic N) is 2. The van der Waals surface area contributed by atoms with Gasteiger partial charge in [0.2, 0.25) is 0 Å². The monoisotopic (exact) mass is 353 g/mol. The van der Waals surface area contributed by atoms with Crippen LogP contribution in [0.25, 0.3) is 11.5 Å². The molecule has 1 saturated carbocycles. The molecule has 0 aliphatic heterocycles. The zero-order chi connectivity index (χ0) is 15.0. The van der Waals surface area contributed by atoms with Crippen molar-refractivity contribution in [3.63, 3.8) is 0 Å². The molecular weight excluding hydrogens is 337 g/mol. The molecule has 1 aromatic carbocycles. The van der Waals surface area contributed by atoms with Gasteiger partial charge in [-0.05, 0) is 49.8 Å². The van der Waals surface area contributed by atoms with Gasteiger partial charge in [-0.1, -0.05) is 28.0 Å². The summed E-state index contributed by atoms with van der Waals surface area (Å²) in [5.41, 5.74) is 6.45. The number of nitrogens with two attached hydrogens (primary N) is 1. The Kier molecular flexibility index (Phi) is 3.84. The molecule has 6 heteroatoms. The zero-order valence-corrected chi connectivity index (χ0v) is 13.4. The van der Waals surface area contributed by atoms with Crippen LogP contribution in [-0.2, 0) is 5.54 Å². The van der Waals surface area contributed by atoms with Gasteiger partial charge in [0.05, 0.1) is 5.54 Å². The molecule has 4 nitrogen and oxygen atoms in total. The SMILES string of the molecule is CC1CCC(N)(c2noc(-c3cc(F)cc(Br)c3)n2)CC1. The molecule has 0 atom stereocenters. The Labute approximate surface area is 131 Å². The molecule has 2 aromatic rings. The molecule has 1 aromatic heterocycles. The van der Waals surface area contributed by atoms with Crippen LogP contribution in [0.5, 0.6) is 0 Å². The van der Waals surface area contributed by atoms with Crippen molar-refractivity contribution in [2.24, 2.45) is 11.7 Å². The second-order valence-corrected chi connectivity index (χ2v) is 6.84. The first-order chi connectivity index (χ1) is 9.96. The van der Waals surface area contributed by atoms with Gasteiger partial charge in [-0.3, -0.25) is 0 Å². The minimum absolute atomic E-state index is 0.300. The topological polar surface area (TPSA) is 64.9 Å². The van der Waals surface area contributed by atoms with Crippen LogP contribution in [0.2, 0.25) is 0 Å². The van der Waals surface area contributed by atoms with E-state index in [1.54, 1.807) is 6.07 Å². The fourth-order valence-electron chi connectivity index (χ4n) is 2.72. The molecule has 0 saturated heterocycles. The van der Waals surface area contributed by atoms with Gasteiger partial charge in [0, 0.05) is 10.0 Å². The summed E-state index contributed by atoms with van der Waals surface area (Å²) in [4.78, 5) is 4.39. The van der Waals surface area contributed by atoms with Gasteiger partial charge in [0.25, 0.3) is 5.89 Å². The third-order valence-electron chi connectivity index (χ3n) is 4.15. The lowest BCUT2D eigenvalue weighted by molar-refractivity contribution is 0.230. The van der Waals surface area contributed by atoms with Gasteiger partial charge >= 0.3 is 0 Å². The van der Waals surface area contributed by atoms with E-state index in [4.69, 9.17) is 10.3 Å². The number of rotatable bonds is 2. The van der Waals surface area contributed by atoms with E-state index in [2.05, 4.69) is 33.0 Å². The fourth-order valence-corrected chi connectivity index (χ4v) is 3.19. The second kappa shape index (κ2) is 5.50. The molecule has 0 bridgehead atoms. The van der Waals surface area contributed by atoms with E-state index >= 15 is 0 Å². The molecule has 21 heavy (non-hydrogen) atoms. The summed E-state index contributed by atoms with van der Waals surface area (Å²) in [6.45, 7) is 2.23. The van der Waals surface area contributed by atoms with Crippen molar-refractivity contribution in [3.8, 4) is 11.5 Å². The van der Waals surface area contributed by atoms with E-state index in [1.165, 1.54) is 12.1 Å². The van der Waals surface area contributed by atoms with Crippen LogP contribution in [-0.4, -0.2) is 10.1 Å². The maximum atomic E-state index is 13.4. The highest BCUT2D eigenvalue weighted by Gasteiger charge is 2.36. The highest BCUT2D eigenvalue weighted by Crippen LogP contribution is 2.36. The summed E-state index contributed by atoms with van der Waals surface area (Å²) in [5, 5.41) is 4.02. The van der Waals surface area contributed by atoms with E-state index in [1.807, 2.05) is 0 Å². The van der Waals surface area contributed by atoms with Gasteiger partial charge in [0.15, 0.2) is 5.82 Å². The Morgan fingerprint density at radius 2 is 2.05 bits per heavy atom. The quantitative estimate of drug-likeness (QED) is 0.885. The predicted octanol–water partition coefficient (Wildman–Crippen LogP) is 4.00. The first-order valence-electron chi connectivity index (χ1n) is 7.06. The molecule has 1 aliphatic carbocycles. The van der Waals surface area contributed by atoms with Crippen LogP contribution in [0.1, 0.15) is 38.4 Å². The lowest BCUT2D eigenvalue weighted by Gasteiger charge is -2.33. The minimum Gasteiger partial charge on any atom is -0.334 e. The number of hydrogen-bond donors (Lipinski definition) is 1. The van der Waals surface area contributed by atoms with Crippen LogP contribution in [0.4, 0.5) is 4.39 Å². The average Bonchev–Trinajstić information content (AvgIpc) is 2.92. The van der Waals surface area contributed by atoms with Crippen molar-refractivity contribution in [3.05, 3.63) is 34.3 Å². The Bertz CT molecular complexity index is 630. The Hall–Kier alpha value is -1.27. The van der Waals surface area contributed by atoms with Gasteiger partial charge in [-0.25, -0.2) is 4.39 Å². The summed E-state index contributed by atoms with van der Waals surface area (Å²) in [6.07, 6.45) is 3.82. The third-order valence-corrected chi connectivity index (χ3v) is 4.61. The first kappa shape index (κ1) is 14.7. The second-order valence-electron chi connectivity index (χ2n) is 5.92. The summed E-state index contributed by atoms with van der Waals surface area (Å²) >= 11 is 3.26. The number of benzene rings is 1. The summed E-state index contributed by atoms with van der Waals surface area (Å²) in [7, 11) is 0. The number of aromatic nitrogens is 2. The minimum atomic E-state index is -0.529. The normalized spacial score (nSPS) is 26.0. The Balaban J connectivity index is 1.89. The number of hydrogen-bond acceptors (Lipinski definition) is 4. The Morgan fingerprint density at radius 1 is 1.33 bits per heavy atom. The summed E-state index contributed by atoms with van der Waals surface area (Å²) in [6, 6.07) is 4.49. The van der Waals surface area contributed by atoms with Crippen LogP contribution in [0.3, 0.4) is 0 Å². The van der Waals surface area contributed by atoms with E-state index in [9.17, 15) is 4.39 Å². The molecule has 3 rings (SSSR count). The van der Waals surface area contributed by atoms with Gasteiger partial charge in [-0.2, -0.15) is 4.98 Å². The Morgan fingerprint density at radius 3 is 2.71 bits per heavy atom. The number of halogens is 2. The molecule has 1 heterocycles. The van der Waals surface area contributed by atoms with Crippen LogP contribution in [0.15, 0.2) is 27.2 Å². The van der Waals surface area contributed by atoms with E-state index < -0.39 is 5.54 Å². The standard InChI is InChI=1S/C15H17BrFN3O/c1-9-2-4-15(18,5-3-9)14-19-13(21-20-14)10-6-11(16)8-12(17)7-10/h6-9H,2-5,18H2,1H3. The molecule has 2 N–H and O–H groups in total. The van der Waals surface area contributed by atoms with Gasteiger partial charge < -0.3 is 10.3 Å². The van der Waals surface area contributed by atoms with Crippen LogP contribution in [0, 0.1) is 11.7 Å². The lowest BCUT2D eigenvalue weighted by atomic mass is 9.77. The molecule has 0 spiro atoms. The average molecular weight is 354 g/mol. The van der Waals surface area contributed by atoms with Crippen molar-refractivity contribution in [1.29, 1.82) is 0 Å². The zero-order valence-electron chi connectivity index (χ0n) is 11.8. The molecule has 112 valence electrons. The van der Waals surface area contributed by atoms with E-state index in [0.29, 0.717) is 27.7 Å². The predicted molar refractivity (Wildman–Crippen MR) is 80.9 cm³/mol. The van der Waals surface area contributed by atoms with E-state index in [0.717, 1.165) is 25.7 Å².